The predicted octanol–water partition coefficient (Wildman–Crippen LogP) is 5.03. The number of benzene rings is 2. The van der Waals surface area contributed by atoms with Gasteiger partial charge >= 0.3 is 6.18 Å². The number of pyridine rings is 1. The maximum atomic E-state index is 13.7. The number of carbonyl (C=O) groups excluding carboxylic acids is 2. The summed E-state index contributed by atoms with van der Waals surface area (Å²) in [6, 6.07) is 16.9. The molecular formula is C27H21F3N6O2. The molecule has 3 aromatic heterocycles. The molecule has 2 amide bonds. The Kier molecular flexibility index (Phi) is 6.19. The molecule has 3 heterocycles. The predicted molar refractivity (Wildman–Crippen MR) is 136 cm³/mol. The van der Waals surface area contributed by atoms with Gasteiger partial charge in [-0.2, -0.15) is 18.3 Å². The highest BCUT2D eigenvalue weighted by Gasteiger charge is 2.34. The Morgan fingerprint density at radius 1 is 0.895 bits per heavy atom. The Morgan fingerprint density at radius 2 is 1.63 bits per heavy atom. The molecule has 5 rings (SSSR count). The summed E-state index contributed by atoms with van der Waals surface area (Å²) in [6.45, 7) is 0. The molecule has 0 aliphatic carbocycles. The van der Waals surface area contributed by atoms with E-state index in [9.17, 15) is 22.8 Å². The Bertz CT molecular complexity index is 1670. The molecule has 0 spiro atoms. The van der Waals surface area contributed by atoms with Crippen molar-refractivity contribution in [2.24, 2.45) is 7.05 Å². The second kappa shape index (κ2) is 9.51. The Labute approximate surface area is 214 Å². The molecule has 0 aliphatic heterocycles. The van der Waals surface area contributed by atoms with Crippen LogP contribution >= 0.6 is 0 Å². The number of carbonyl (C=O) groups is 2. The van der Waals surface area contributed by atoms with Crippen LogP contribution < -0.4 is 10.6 Å². The van der Waals surface area contributed by atoms with Crippen LogP contribution in [0.4, 0.5) is 19.0 Å². The summed E-state index contributed by atoms with van der Waals surface area (Å²) in [7, 11) is 3.11. The summed E-state index contributed by atoms with van der Waals surface area (Å²) in [5, 5.41) is 9.46. The molecule has 2 N–H and O–H groups in total. The average molecular weight is 518 g/mol. The number of hydrogen-bond acceptors (Lipinski definition) is 4. The highest BCUT2D eigenvalue weighted by atomic mass is 19.4. The van der Waals surface area contributed by atoms with E-state index >= 15 is 0 Å². The molecule has 0 fully saturated rings. The van der Waals surface area contributed by atoms with Crippen molar-refractivity contribution in [1.82, 2.24) is 24.5 Å². The maximum absolute atomic E-state index is 13.7. The zero-order valence-corrected chi connectivity index (χ0v) is 20.2. The van der Waals surface area contributed by atoms with E-state index in [4.69, 9.17) is 0 Å². The van der Waals surface area contributed by atoms with Crippen LogP contribution in [-0.4, -0.2) is 38.0 Å². The lowest BCUT2D eigenvalue weighted by Gasteiger charge is -2.14. The third kappa shape index (κ3) is 4.61. The topological polar surface area (TPSA) is 93.3 Å². The van der Waals surface area contributed by atoms with Gasteiger partial charge in [-0.25, -0.2) is 4.98 Å². The molecule has 0 atom stereocenters. The number of amides is 2. The smallest absolute Gasteiger partial charge is 0.355 e. The van der Waals surface area contributed by atoms with E-state index in [1.54, 1.807) is 29.8 Å². The molecule has 11 heteroatoms. The lowest BCUT2D eigenvalue weighted by molar-refractivity contribution is -0.137. The largest absolute Gasteiger partial charge is 0.417 e. The first-order valence-electron chi connectivity index (χ1n) is 11.5. The Morgan fingerprint density at radius 3 is 2.29 bits per heavy atom. The number of imidazole rings is 1. The first-order valence-corrected chi connectivity index (χ1v) is 11.5. The zero-order valence-electron chi connectivity index (χ0n) is 20.2. The summed E-state index contributed by atoms with van der Waals surface area (Å²) >= 11 is 0. The lowest BCUT2D eigenvalue weighted by Crippen LogP contribution is -2.18. The van der Waals surface area contributed by atoms with Crippen molar-refractivity contribution < 1.29 is 22.8 Å². The van der Waals surface area contributed by atoms with Gasteiger partial charge in [0.1, 0.15) is 17.2 Å². The van der Waals surface area contributed by atoms with Crippen LogP contribution in [0.15, 0.2) is 79.1 Å². The van der Waals surface area contributed by atoms with Crippen molar-refractivity contribution in [3.8, 4) is 22.5 Å². The van der Waals surface area contributed by atoms with E-state index in [0.29, 0.717) is 28.3 Å². The van der Waals surface area contributed by atoms with Crippen LogP contribution in [0.25, 0.3) is 28.2 Å². The number of nitrogens with zero attached hydrogens (tertiary/aromatic N) is 4. The quantitative estimate of drug-likeness (QED) is 0.341. The molecule has 5 aromatic rings. The van der Waals surface area contributed by atoms with Gasteiger partial charge in [0.2, 0.25) is 0 Å². The average Bonchev–Trinajstić information content (AvgIpc) is 3.51. The number of aryl methyl sites for hydroxylation is 1. The minimum Gasteiger partial charge on any atom is -0.355 e. The van der Waals surface area contributed by atoms with Crippen molar-refractivity contribution >= 4 is 23.3 Å². The maximum Gasteiger partial charge on any atom is 0.417 e. The van der Waals surface area contributed by atoms with Crippen molar-refractivity contribution in [3.63, 3.8) is 0 Å². The minimum atomic E-state index is -4.63. The zero-order chi connectivity index (χ0) is 27.0. The van der Waals surface area contributed by atoms with Crippen LogP contribution in [0.1, 0.15) is 26.3 Å². The van der Waals surface area contributed by atoms with Gasteiger partial charge in [0.25, 0.3) is 11.8 Å². The summed E-state index contributed by atoms with van der Waals surface area (Å²) in [5.41, 5.74) is 0.925. The van der Waals surface area contributed by atoms with Gasteiger partial charge in [0.15, 0.2) is 0 Å². The van der Waals surface area contributed by atoms with Gasteiger partial charge in [-0.15, -0.1) is 0 Å². The van der Waals surface area contributed by atoms with Gasteiger partial charge in [-0.3, -0.25) is 18.7 Å². The van der Waals surface area contributed by atoms with E-state index in [0.717, 1.165) is 12.1 Å². The van der Waals surface area contributed by atoms with Gasteiger partial charge in [0.05, 0.1) is 11.3 Å². The molecule has 2 aromatic carbocycles. The second-order valence-electron chi connectivity index (χ2n) is 8.48. The molecule has 38 heavy (non-hydrogen) atoms. The molecule has 8 nitrogen and oxygen atoms in total. The number of hydrogen-bond donors (Lipinski definition) is 2. The van der Waals surface area contributed by atoms with Gasteiger partial charge in [0, 0.05) is 48.7 Å². The number of anilines is 1. The third-order valence-electron chi connectivity index (χ3n) is 5.97. The highest BCUT2D eigenvalue weighted by Crippen LogP contribution is 2.37. The van der Waals surface area contributed by atoms with Crippen LogP contribution in [0.2, 0.25) is 0 Å². The van der Waals surface area contributed by atoms with E-state index in [1.165, 1.54) is 30.1 Å². The van der Waals surface area contributed by atoms with Gasteiger partial charge in [-0.05, 0) is 36.4 Å². The fourth-order valence-corrected chi connectivity index (χ4v) is 4.13. The van der Waals surface area contributed by atoms with Crippen molar-refractivity contribution in [2.75, 3.05) is 12.4 Å². The van der Waals surface area contributed by atoms with Crippen molar-refractivity contribution in [3.05, 3.63) is 95.8 Å². The molecule has 192 valence electrons. The molecule has 0 unspecified atom stereocenters. The monoisotopic (exact) mass is 518 g/mol. The molecule has 0 saturated carbocycles. The van der Waals surface area contributed by atoms with Crippen molar-refractivity contribution in [2.45, 2.75) is 6.18 Å². The Hall–Kier alpha value is -4.93. The number of rotatable bonds is 5. The molecule has 0 saturated heterocycles. The van der Waals surface area contributed by atoms with E-state index in [1.807, 2.05) is 30.3 Å². The standard InChI is InChI=1S/C27H21F3N6O2/c1-31-25(37)18-10-13-36-22(15-18)32-23(16-6-4-3-5-7-16)24(36)33-26(38)17-8-9-20(27(28,29)30)19(14-17)21-11-12-35(2)34-21/h3-15H,1-2H3,(H,31,37)(H,33,38). The highest BCUT2D eigenvalue weighted by molar-refractivity contribution is 6.06. The molecule has 0 aliphatic rings. The fourth-order valence-electron chi connectivity index (χ4n) is 4.13. The number of nitrogens with one attached hydrogen (secondary N) is 2. The summed E-state index contributed by atoms with van der Waals surface area (Å²) in [4.78, 5) is 30.1. The molecule has 0 radical (unpaired) electrons. The molecule has 0 bridgehead atoms. The first-order chi connectivity index (χ1) is 18.2. The van der Waals surface area contributed by atoms with Gasteiger partial charge in [-0.1, -0.05) is 30.3 Å². The minimum absolute atomic E-state index is 0.00888. The summed E-state index contributed by atoms with van der Waals surface area (Å²) in [6.07, 6.45) is -1.51. The van der Waals surface area contributed by atoms with E-state index in [2.05, 4.69) is 20.7 Å². The number of fused-ring (bicyclic) bond motifs is 1. The Balaban J connectivity index is 1.60. The SMILES string of the molecule is CNC(=O)c1ccn2c(NC(=O)c3ccc(C(F)(F)F)c(-c4ccn(C)n4)c3)c(-c3ccccc3)nc2c1. The fraction of sp³-hybridized carbons (Fsp3) is 0.111. The lowest BCUT2D eigenvalue weighted by atomic mass is 10.0. The van der Waals surface area contributed by atoms with Crippen molar-refractivity contribution in [1.29, 1.82) is 0 Å². The van der Waals surface area contributed by atoms with Crippen LogP contribution in [0.3, 0.4) is 0 Å². The molecular weight excluding hydrogens is 497 g/mol. The van der Waals surface area contributed by atoms with Crippen LogP contribution in [0.5, 0.6) is 0 Å². The van der Waals surface area contributed by atoms with E-state index in [-0.39, 0.29) is 22.7 Å². The number of aromatic nitrogens is 4. The number of halogens is 3. The first kappa shape index (κ1) is 24.8. The van der Waals surface area contributed by atoms with Gasteiger partial charge < -0.3 is 10.6 Å². The third-order valence-corrected chi connectivity index (χ3v) is 5.97. The normalized spacial score (nSPS) is 11.5. The second-order valence-corrected chi connectivity index (χ2v) is 8.48. The van der Waals surface area contributed by atoms with E-state index < -0.39 is 17.6 Å². The summed E-state index contributed by atoms with van der Waals surface area (Å²) in [5.74, 6) is -0.627. The van der Waals surface area contributed by atoms with Crippen LogP contribution in [-0.2, 0) is 13.2 Å². The number of alkyl halides is 3. The summed E-state index contributed by atoms with van der Waals surface area (Å²) < 4.78 is 44.2. The van der Waals surface area contributed by atoms with Crippen LogP contribution in [0, 0.1) is 0 Å².